The topological polar surface area (TPSA) is 73.6 Å². The van der Waals surface area contributed by atoms with Crippen LogP contribution in [0.4, 0.5) is 0 Å². The second-order valence-corrected chi connectivity index (χ2v) is 5.97. The van der Waals surface area contributed by atoms with Crippen molar-refractivity contribution in [3.05, 3.63) is 40.8 Å². The number of methoxy groups -OCH3 is 2. The number of ether oxygens (including phenoxy) is 2. The Kier molecular flexibility index (Phi) is 5.49. The van der Waals surface area contributed by atoms with Crippen molar-refractivity contribution in [3.8, 4) is 11.5 Å². The molecule has 1 heterocycles. The van der Waals surface area contributed by atoms with E-state index in [9.17, 15) is 4.79 Å². The number of rotatable bonds is 6. The zero-order valence-corrected chi connectivity index (χ0v) is 15.0. The van der Waals surface area contributed by atoms with Gasteiger partial charge in [-0.05, 0) is 31.5 Å². The Balaban J connectivity index is 2.22. The third-order valence-corrected chi connectivity index (χ3v) is 3.90. The Morgan fingerprint density at radius 1 is 1.17 bits per heavy atom. The summed E-state index contributed by atoms with van der Waals surface area (Å²) in [5, 5.41) is 6.90. The molecule has 1 aromatic carbocycles. The highest BCUT2D eigenvalue weighted by Gasteiger charge is 2.24. The molecule has 0 aliphatic heterocycles. The zero-order valence-electron chi connectivity index (χ0n) is 15.0. The molecule has 0 aliphatic rings. The Morgan fingerprint density at radius 3 is 2.42 bits per heavy atom. The van der Waals surface area contributed by atoms with Crippen LogP contribution >= 0.6 is 0 Å². The van der Waals surface area contributed by atoms with Gasteiger partial charge in [-0.3, -0.25) is 4.79 Å². The second-order valence-electron chi connectivity index (χ2n) is 5.97. The van der Waals surface area contributed by atoms with Crippen LogP contribution in [-0.2, 0) is 0 Å². The van der Waals surface area contributed by atoms with E-state index in [2.05, 4.69) is 10.5 Å². The first kappa shape index (κ1) is 17.8. The summed E-state index contributed by atoms with van der Waals surface area (Å²) in [5.41, 5.74) is 2.02. The summed E-state index contributed by atoms with van der Waals surface area (Å²) in [6.45, 7) is 7.62. The Morgan fingerprint density at radius 2 is 1.83 bits per heavy atom. The lowest BCUT2D eigenvalue weighted by atomic mass is 10.0. The summed E-state index contributed by atoms with van der Waals surface area (Å²) in [5.74, 6) is 1.77. The van der Waals surface area contributed by atoms with Crippen molar-refractivity contribution in [2.45, 2.75) is 39.7 Å². The third kappa shape index (κ3) is 3.53. The summed E-state index contributed by atoms with van der Waals surface area (Å²) in [7, 11) is 3.17. The lowest BCUT2D eigenvalue weighted by molar-refractivity contribution is 0.0936. The quantitative estimate of drug-likeness (QED) is 0.874. The van der Waals surface area contributed by atoms with Crippen molar-refractivity contribution in [3.63, 3.8) is 0 Å². The fraction of sp³-hybridized carbons (Fsp3) is 0.444. The number of carbonyl (C=O) groups excluding carboxylic acids is 1. The molecule has 0 saturated heterocycles. The van der Waals surface area contributed by atoms with Gasteiger partial charge in [0.2, 0.25) is 0 Å². The van der Waals surface area contributed by atoms with Gasteiger partial charge in [-0.15, -0.1) is 0 Å². The van der Waals surface area contributed by atoms with Gasteiger partial charge in [0.05, 0.1) is 26.0 Å². The molecule has 0 radical (unpaired) electrons. The molecule has 2 rings (SSSR count). The highest BCUT2D eigenvalue weighted by atomic mass is 16.5. The van der Waals surface area contributed by atoms with Gasteiger partial charge in [-0.1, -0.05) is 25.1 Å². The number of nitrogens with one attached hydrogen (secondary N) is 1. The Bertz CT molecular complexity index is 722. The van der Waals surface area contributed by atoms with E-state index in [1.807, 2.05) is 39.0 Å². The summed E-state index contributed by atoms with van der Waals surface area (Å²) in [6.07, 6.45) is 0. The van der Waals surface area contributed by atoms with Crippen molar-refractivity contribution in [1.29, 1.82) is 0 Å². The smallest absolute Gasteiger partial charge is 0.257 e. The number of nitrogens with zero attached hydrogens (tertiary/aromatic N) is 1. The van der Waals surface area contributed by atoms with E-state index in [1.165, 1.54) is 0 Å². The van der Waals surface area contributed by atoms with Crippen LogP contribution in [-0.4, -0.2) is 25.3 Å². The molecule has 0 spiro atoms. The first-order chi connectivity index (χ1) is 11.4. The van der Waals surface area contributed by atoms with Gasteiger partial charge < -0.3 is 19.3 Å². The lowest BCUT2D eigenvalue weighted by Crippen LogP contribution is -2.27. The zero-order chi connectivity index (χ0) is 17.9. The first-order valence-corrected chi connectivity index (χ1v) is 7.88. The molecule has 1 unspecified atom stereocenters. The molecular weight excluding hydrogens is 308 g/mol. The minimum atomic E-state index is -0.202. The molecular formula is C18H24N2O4. The number of amides is 1. The lowest BCUT2D eigenvalue weighted by Gasteiger charge is -2.17. The van der Waals surface area contributed by atoms with Crippen LogP contribution < -0.4 is 14.8 Å². The molecule has 130 valence electrons. The number of aromatic nitrogens is 1. The van der Waals surface area contributed by atoms with E-state index < -0.39 is 0 Å². The molecule has 0 saturated carbocycles. The number of hydrogen-bond acceptors (Lipinski definition) is 5. The van der Waals surface area contributed by atoms with Crippen LogP contribution in [0.2, 0.25) is 0 Å². The first-order valence-electron chi connectivity index (χ1n) is 7.88. The minimum Gasteiger partial charge on any atom is -0.493 e. The number of carbonyl (C=O) groups is 1. The maximum Gasteiger partial charge on any atom is 0.257 e. The van der Waals surface area contributed by atoms with E-state index in [0.29, 0.717) is 28.5 Å². The second kappa shape index (κ2) is 7.38. The minimum absolute atomic E-state index is 0.0864. The van der Waals surface area contributed by atoms with Gasteiger partial charge >= 0.3 is 0 Å². The van der Waals surface area contributed by atoms with E-state index in [4.69, 9.17) is 14.0 Å². The van der Waals surface area contributed by atoms with Crippen LogP contribution in [0, 0.1) is 6.92 Å². The standard InChI is InChI=1S/C18H24N2O4/c1-10(2)17-16(12(4)20-24-17)18(21)19-11(3)13-7-8-14(22-5)15(9-13)23-6/h7-11H,1-6H3,(H,19,21). The molecule has 1 N–H and O–H groups in total. The summed E-state index contributed by atoms with van der Waals surface area (Å²) in [4.78, 5) is 12.6. The monoisotopic (exact) mass is 332 g/mol. The summed E-state index contributed by atoms with van der Waals surface area (Å²) >= 11 is 0. The molecule has 1 aromatic heterocycles. The molecule has 24 heavy (non-hydrogen) atoms. The van der Waals surface area contributed by atoms with Gasteiger partial charge in [-0.25, -0.2) is 0 Å². The SMILES string of the molecule is COc1ccc(C(C)NC(=O)c2c(C)noc2C(C)C)cc1OC. The molecule has 2 aromatic rings. The van der Waals surface area contributed by atoms with Gasteiger partial charge in [0.25, 0.3) is 5.91 Å². The Labute approximate surface area is 142 Å². The van der Waals surface area contributed by atoms with Crippen LogP contribution in [0.5, 0.6) is 11.5 Å². The van der Waals surface area contributed by atoms with Crippen LogP contribution in [0.15, 0.2) is 22.7 Å². The highest BCUT2D eigenvalue weighted by Crippen LogP contribution is 2.30. The van der Waals surface area contributed by atoms with Gasteiger partial charge in [0.15, 0.2) is 17.3 Å². The molecule has 1 amide bonds. The molecule has 0 aliphatic carbocycles. The van der Waals surface area contributed by atoms with Crippen molar-refractivity contribution >= 4 is 5.91 Å². The van der Waals surface area contributed by atoms with Gasteiger partial charge in [0, 0.05) is 5.92 Å². The third-order valence-electron chi connectivity index (χ3n) is 3.90. The molecule has 1 atom stereocenters. The molecule has 0 bridgehead atoms. The van der Waals surface area contributed by atoms with Crippen LogP contribution in [0.25, 0.3) is 0 Å². The summed E-state index contributed by atoms with van der Waals surface area (Å²) in [6, 6.07) is 5.37. The summed E-state index contributed by atoms with van der Waals surface area (Å²) < 4.78 is 15.8. The largest absolute Gasteiger partial charge is 0.493 e. The van der Waals surface area contributed by atoms with E-state index >= 15 is 0 Å². The van der Waals surface area contributed by atoms with Crippen molar-refractivity contribution < 1.29 is 18.8 Å². The Hall–Kier alpha value is -2.50. The average Bonchev–Trinajstić information content (AvgIpc) is 2.96. The fourth-order valence-electron chi connectivity index (χ4n) is 2.53. The van der Waals surface area contributed by atoms with E-state index in [-0.39, 0.29) is 17.9 Å². The maximum absolute atomic E-state index is 12.6. The van der Waals surface area contributed by atoms with E-state index in [1.54, 1.807) is 21.1 Å². The van der Waals surface area contributed by atoms with Gasteiger partial charge in [0.1, 0.15) is 5.56 Å². The van der Waals surface area contributed by atoms with Crippen molar-refractivity contribution in [1.82, 2.24) is 10.5 Å². The van der Waals surface area contributed by atoms with Crippen LogP contribution in [0.3, 0.4) is 0 Å². The average molecular weight is 332 g/mol. The highest BCUT2D eigenvalue weighted by molar-refractivity contribution is 5.96. The number of benzene rings is 1. The normalized spacial score (nSPS) is 12.1. The maximum atomic E-state index is 12.6. The van der Waals surface area contributed by atoms with E-state index in [0.717, 1.165) is 5.56 Å². The molecule has 6 heteroatoms. The fourth-order valence-corrected chi connectivity index (χ4v) is 2.53. The predicted molar refractivity (Wildman–Crippen MR) is 90.8 cm³/mol. The number of aryl methyl sites for hydroxylation is 1. The number of hydrogen-bond donors (Lipinski definition) is 1. The molecule has 0 fully saturated rings. The molecule has 6 nitrogen and oxygen atoms in total. The van der Waals surface area contributed by atoms with Crippen molar-refractivity contribution in [2.24, 2.45) is 0 Å². The van der Waals surface area contributed by atoms with Gasteiger partial charge in [-0.2, -0.15) is 0 Å². The van der Waals surface area contributed by atoms with Crippen molar-refractivity contribution in [2.75, 3.05) is 14.2 Å². The van der Waals surface area contributed by atoms with Crippen LogP contribution in [0.1, 0.15) is 60.1 Å². The predicted octanol–water partition coefficient (Wildman–Crippen LogP) is 3.61.